The first-order valence-corrected chi connectivity index (χ1v) is 15.5. The fourth-order valence-corrected chi connectivity index (χ4v) is 8.79. The third-order valence-corrected chi connectivity index (χ3v) is 10.9. The van der Waals surface area contributed by atoms with Crippen LogP contribution in [0.3, 0.4) is 0 Å². The van der Waals surface area contributed by atoms with Gasteiger partial charge in [0.05, 0.1) is 12.2 Å². The number of nitrogens with zero attached hydrogens (tertiary/aromatic N) is 1. The molecule has 1 unspecified atom stereocenters. The van der Waals surface area contributed by atoms with Gasteiger partial charge in [-0.2, -0.15) is 0 Å². The van der Waals surface area contributed by atoms with Gasteiger partial charge in [0.25, 0.3) is 5.91 Å². The molecule has 8 atom stereocenters. The summed E-state index contributed by atoms with van der Waals surface area (Å²) in [6.07, 6.45) is 12.3. The van der Waals surface area contributed by atoms with Crippen LogP contribution in [-0.4, -0.2) is 56.5 Å². The van der Waals surface area contributed by atoms with Crippen LogP contribution in [0.2, 0.25) is 0 Å². The monoisotopic (exact) mass is 547 g/mol. The topological polar surface area (TPSA) is 81.0 Å². The molecule has 0 radical (unpaired) electrons. The zero-order valence-electron chi connectivity index (χ0n) is 24.7. The largest absolute Gasteiger partial charge is 0.393 e. The van der Waals surface area contributed by atoms with Crippen LogP contribution in [0.5, 0.6) is 0 Å². The first-order valence-electron chi connectivity index (χ1n) is 15.5. The molecule has 4 fully saturated rings. The van der Waals surface area contributed by atoms with E-state index < -0.39 is 17.8 Å². The minimum Gasteiger partial charge on any atom is -0.393 e. The number of benzene rings is 1. The summed E-state index contributed by atoms with van der Waals surface area (Å²) < 4.78 is 0. The zero-order chi connectivity index (χ0) is 28.7. The molecule has 3 aliphatic carbocycles. The SMILES string of the molecule is C=C1/C(=C\C=C2/CCC[C@@]3(C)C2CC[C@@H]3[C@H](C)C[C@H]2C[C@@](C)(O)C(=O)N2CCc2ccccc2)C[C@@H](O)C[C@@H]1O. The normalized spacial score (nSPS) is 39.2. The lowest BCUT2D eigenvalue weighted by Gasteiger charge is -2.45. The number of amides is 1. The average molecular weight is 548 g/mol. The Morgan fingerprint density at radius 1 is 1.15 bits per heavy atom. The number of carbonyl (C=O) groups excluding carboxylic acids is 1. The lowest BCUT2D eigenvalue weighted by Crippen LogP contribution is -2.41. The zero-order valence-corrected chi connectivity index (χ0v) is 24.7. The highest BCUT2D eigenvalue weighted by Crippen LogP contribution is 2.60. The molecular weight excluding hydrogens is 498 g/mol. The van der Waals surface area contributed by atoms with Crippen molar-refractivity contribution in [1.82, 2.24) is 4.90 Å². The Kier molecular flexibility index (Phi) is 8.48. The summed E-state index contributed by atoms with van der Waals surface area (Å²) in [6, 6.07) is 10.4. The third kappa shape index (κ3) is 5.75. The van der Waals surface area contributed by atoms with Crippen LogP contribution >= 0.6 is 0 Å². The summed E-state index contributed by atoms with van der Waals surface area (Å²) in [7, 11) is 0. The van der Waals surface area contributed by atoms with Crippen molar-refractivity contribution in [2.75, 3.05) is 6.54 Å². The summed E-state index contributed by atoms with van der Waals surface area (Å²) in [5.41, 5.74) is 3.39. The number of allylic oxidation sites excluding steroid dienone is 3. The predicted octanol–water partition coefficient (Wildman–Crippen LogP) is 5.75. The molecule has 1 aromatic rings. The minimum atomic E-state index is -1.28. The summed E-state index contributed by atoms with van der Waals surface area (Å²) in [6.45, 7) is 11.3. The Hall–Kier alpha value is -2.21. The molecule has 40 heavy (non-hydrogen) atoms. The van der Waals surface area contributed by atoms with Gasteiger partial charge in [-0.15, -0.1) is 0 Å². The van der Waals surface area contributed by atoms with Crippen LogP contribution < -0.4 is 0 Å². The highest BCUT2D eigenvalue weighted by molar-refractivity contribution is 5.87. The van der Waals surface area contributed by atoms with E-state index in [1.54, 1.807) is 6.92 Å². The molecule has 1 saturated heterocycles. The molecule has 5 heteroatoms. The van der Waals surface area contributed by atoms with Crippen molar-refractivity contribution in [3.05, 3.63) is 71.3 Å². The highest BCUT2D eigenvalue weighted by Gasteiger charge is 2.53. The van der Waals surface area contributed by atoms with Crippen LogP contribution in [0.4, 0.5) is 0 Å². The Morgan fingerprint density at radius 3 is 2.65 bits per heavy atom. The van der Waals surface area contributed by atoms with Crippen molar-refractivity contribution in [1.29, 1.82) is 0 Å². The second kappa shape index (κ2) is 11.6. The van der Waals surface area contributed by atoms with Gasteiger partial charge in [0.2, 0.25) is 0 Å². The number of aliphatic hydroxyl groups excluding tert-OH is 2. The molecule has 4 aliphatic rings. The first-order chi connectivity index (χ1) is 19.0. The molecule has 3 saturated carbocycles. The van der Waals surface area contributed by atoms with E-state index in [1.807, 2.05) is 23.1 Å². The average Bonchev–Trinajstić information content (AvgIpc) is 3.37. The number of rotatable bonds is 7. The van der Waals surface area contributed by atoms with Crippen LogP contribution in [0, 0.1) is 23.2 Å². The Bertz CT molecular complexity index is 1150. The number of likely N-dealkylation sites (tertiary alicyclic amines) is 1. The maximum Gasteiger partial charge on any atom is 0.254 e. The van der Waals surface area contributed by atoms with E-state index in [-0.39, 0.29) is 17.4 Å². The van der Waals surface area contributed by atoms with Crippen LogP contribution in [0.25, 0.3) is 0 Å². The fraction of sp³-hybridized carbons (Fsp3) is 0.629. The van der Waals surface area contributed by atoms with E-state index >= 15 is 0 Å². The highest BCUT2D eigenvalue weighted by atomic mass is 16.3. The smallest absolute Gasteiger partial charge is 0.254 e. The lowest BCUT2D eigenvalue weighted by atomic mass is 9.60. The van der Waals surface area contributed by atoms with Crippen LogP contribution in [0.15, 0.2) is 65.8 Å². The van der Waals surface area contributed by atoms with Gasteiger partial charge in [0.15, 0.2) is 0 Å². The molecule has 1 amide bonds. The van der Waals surface area contributed by atoms with E-state index in [1.165, 1.54) is 36.8 Å². The van der Waals surface area contributed by atoms with E-state index in [4.69, 9.17) is 0 Å². The number of aliphatic hydroxyl groups is 3. The Morgan fingerprint density at radius 2 is 1.90 bits per heavy atom. The quantitative estimate of drug-likeness (QED) is 0.406. The van der Waals surface area contributed by atoms with Crippen molar-refractivity contribution in [2.45, 2.75) is 109 Å². The second-order valence-corrected chi connectivity index (χ2v) is 13.7. The molecule has 218 valence electrons. The van der Waals surface area contributed by atoms with Crippen molar-refractivity contribution < 1.29 is 20.1 Å². The lowest BCUT2D eigenvalue weighted by molar-refractivity contribution is -0.142. The molecular formula is C35H49NO4. The van der Waals surface area contributed by atoms with Gasteiger partial charge in [0, 0.05) is 25.4 Å². The fourth-order valence-electron chi connectivity index (χ4n) is 8.79. The van der Waals surface area contributed by atoms with Gasteiger partial charge in [0.1, 0.15) is 5.60 Å². The van der Waals surface area contributed by atoms with Gasteiger partial charge in [-0.25, -0.2) is 0 Å². The first kappa shape index (κ1) is 29.3. The Labute approximate surface area is 240 Å². The van der Waals surface area contributed by atoms with E-state index in [2.05, 4.69) is 44.7 Å². The maximum absolute atomic E-state index is 13.2. The maximum atomic E-state index is 13.2. The summed E-state index contributed by atoms with van der Waals surface area (Å²) in [5, 5.41) is 31.4. The van der Waals surface area contributed by atoms with Crippen LogP contribution in [0.1, 0.15) is 84.1 Å². The second-order valence-electron chi connectivity index (χ2n) is 13.7. The molecule has 5 nitrogen and oxygen atoms in total. The van der Waals surface area contributed by atoms with Gasteiger partial charge >= 0.3 is 0 Å². The van der Waals surface area contributed by atoms with Gasteiger partial charge < -0.3 is 20.2 Å². The van der Waals surface area contributed by atoms with Crippen molar-refractivity contribution >= 4 is 5.91 Å². The van der Waals surface area contributed by atoms with E-state index in [0.29, 0.717) is 43.6 Å². The van der Waals surface area contributed by atoms with Gasteiger partial charge in [-0.1, -0.05) is 68.5 Å². The van der Waals surface area contributed by atoms with Crippen molar-refractivity contribution in [2.24, 2.45) is 23.2 Å². The van der Waals surface area contributed by atoms with E-state index in [9.17, 15) is 20.1 Å². The standard InChI is InChI=1S/C35H49NO4/c1-23(19-28-22-35(4,40)33(39)36(28)18-16-25-9-6-5-7-10-25)30-14-15-31-26(11-8-17-34(30,31)3)12-13-27-20-29(37)21-32(38)24(27)2/h5-7,9-10,12-13,23,28-32,37-38,40H,2,8,11,14-22H2,1,3-4H3/b26-12+,27-13-/t23-,28+,29-,30-,31?,32+,34-,35-/m1/s1. The predicted molar refractivity (Wildman–Crippen MR) is 159 cm³/mol. The van der Waals surface area contributed by atoms with Crippen molar-refractivity contribution in [3.63, 3.8) is 0 Å². The third-order valence-electron chi connectivity index (χ3n) is 10.9. The van der Waals surface area contributed by atoms with Gasteiger partial charge in [-0.3, -0.25) is 4.79 Å². The number of hydrogen-bond donors (Lipinski definition) is 3. The Balaban J connectivity index is 1.28. The molecule has 5 rings (SSSR count). The summed E-state index contributed by atoms with van der Waals surface area (Å²) in [4.78, 5) is 15.2. The minimum absolute atomic E-state index is 0.0716. The number of fused-ring (bicyclic) bond motifs is 1. The molecule has 0 spiro atoms. The van der Waals surface area contributed by atoms with E-state index in [0.717, 1.165) is 30.4 Å². The summed E-state index contributed by atoms with van der Waals surface area (Å²) >= 11 is 0. The number of hydrogen-bond acceptors (Lipinski definition) is 4. The molecule has 1 heterocycles. The molecule has 0 bridgehead atoms. The van der Waals surface area contributed by atoms with Crippen LogP contribution in [-0.2, 0) is 11.2 Å². The molecule has 1 aromatic carbocycles. The summed E-state index contributed by atoms with van der Waals surface area (Å²) in [5.74, 6) is 1.46. The van der Waals surface area contributed by atoms with Crippen molar-refractivity contribution in [3.8, 4) is 0 Å². The van der Waals surface area contributed by atoms with Gasteiger partial charge in [-0.05, 0) is 98.2 Å². The molecule has 3 N–H and O–H groups in total. The number of carbonyl (C=O) groups is 1. The molecule has 1 aliphatic heterocycles. The molecule has 0 aromatic heterocycles.